The zero-order valence-electron chi connectivity index (χ0n) is 14.2. The van der Waals surface area contributed by atoms with Crippen LogP contribution in [0, 0.1) is 0 Å². The van der Waals surface area contributed by atoms with E-state index in [1.165, 1.54) is 16.4 Å². The summed E-state index contributed by atoms with van der Waals surface area (Å²) in [6.45, 7) is 5.20. The van der Waals surface area contributed by atoms with Crippen molar-refractivity contribution in [2.45, 2.75) is 31.3 Å². The first-order chi connectivity index (χ1) is 12.0. The Labute approximate surface area is 150 Å². The molecule has 1 amide bonds. The van der Waals surface area contributed by atoms with Crippen LogP contribution < -0.4 is 20.6 Å². The summed E-state index contributed by atoms with van der Waals surface area (Å²) in [4.78, 5) is 12.2. The molecule has 1 aliphatic rings. The van der Waals surface area contributed by atoms with Crippen LogP contribution in [0.25, 0.3) is 0 Å². The second-order valence-corrected chi connectivity index (χ2v) is 6.86. The average molecular weight is 363 g/mol. The highest BCUT2D eigenvalue weighted by atomic mass is 32.2. The Morgan fingerprint density at radius 3 is 2.80 bits per heavy atom. The molecule has 0 aliphatic carbocycles. The molecule has 0 saturated carbocycles. The summed E-state index contributed by atoms with van der Waals surface area (Å²) >= 11 is 1.24. The summed E-state index contributed by atoms with van der Waals surface area (Å²) in [5.74, 6) is 8.16. The Hall–Kier alpha value is -2.42. The van der Waals surface area contributed by atoms with Gasteiger partial charge in [0.1, 0.15) is 0 Å². The molecule has 2 aromatic rings. The van der Waals surface area contributed by atoms with Gasteiger partial charge >= 0.3 is 0 Å². The zero-order valence-corrected chi connectivity index (χ0v) is 15.0. The molecule has 8 nitrogen and oxygen atoms in total. The second-order valence-electron chi connectivity index (χ2n) is 5.91. The number of hydrogen-bond acceptors (Lipinski definition) is 7. The van der Waals surface area contributed by atoms with E-state index in [1.807, 2.05) is 13.8 Å². The Morgan fingerprint density at radius 1 is 1.32 bits per heavy atom. The number of rotatable bonds is 5. The SMILES string of the molecule is CC(C)c1nnc(SCC(=O)Nc2ccc3c(c2)OCCCO3)n1N. The van der Waals surface area contributed by atoms with Crippen molar-refractivity contribution < 1.29 is 14.3 Å². The van der Waals surface area contributed by atoms with Gasteiger partial charge in [0.25, 0.3) is 0 Å². The summed E-state index contributed by atoms with van der Waals surface area (Å²) in [7, 11) is 0. The van der Waals surface area contributed by atoms with Crippen LogP contribution in [0.1, 0.15) is 32.0 Å². The molecule has 3 rings (SSSR count). The number of carbonyl (C=O) groups is 1. The highest BCUT2D eigenvalue weighted by Gasteiger charge is 2.15. The third-order valence-corrected chi connectivity index (χ3v) is 4.51. The number of thioether (sulfide) groups is 1. The van der Waals surface area contributed by atoms with Crippen molar-refractivity contribution >= 4 is 23.4 Å². The van der Waals surface area contributed by atoms with E-state index in [2.05, 4.69) is 15.5 Å². The highest BCUT2D eigenvalue weighted by Crippen LogP contribution is 2.32. The van der Waals surface area contributed by atoms with Gasteiger partial charge in [0.2, 0.25) is 11.1 Å². The molecule has 134 valence electrons. The number of nitrogen functional groups attached to an aromatic ring is 1. The van der Waals surface area contributed by atoms with Crippen LogP contribution in [0.5, 0.6) is 11.5 Å². The number of carbonyl (C=O) groups excluding carboxylic acids is 1. The van der Waals surface area contributed by atoms with Crippen molar-refractivity contribution in [1.82, 2.24) is 14.9 Å². The lowest BCUT2D eigenvalue weighted by molar-refractivity contribution is -0.113. The molecule has 0 fully saturated rings. The number of nitrogens with zero attached hydrogens (tertiary/aromatic N) is 3. The van der Waals surface area contributed by atoms with Crippen molar-refractivity contribution in [3.05, 3.63) is 24.0 Å². The fraction of sp³-hybridized carbons (Fsp3) is 0.438. The van der Waals surface area contributed by atoms with Crippen molar-refractivity contribution in [1.29, 1.82) is 0 Å². The quantitative estimate of drug-likeness (QED) is 0.618. The molecular weight excluding hydrogens is 342 g/mol. The van der Waals surface area contributed by atoms with Gasteiger partial charge in [-0.3, -0.25) is 4.79 Å². The van der Waals surface area contributed by atoms with Gasteiger partial charge in [-0.05, 0) is 12.1 Å². The molecule has 1 aromatic heterocycles. The topological polar surface area (TPSA) is 104 Å². The van der Waals surface area contributed by atoms with E-state index in [0.29, 0.717) is 41.4 Å². The Morgan fingerprint density at radius 2 is 2.08 bits per heavy atom. The number of aromatic nitrogens is 3. The summed E-state index contributed by atoms with van der Waals surface area (Å²) in [6.07, 6.45) is 0.838. The number of hydrogen-bond donors (Lipinski definition) is 2. The first kappa shape index (κ1) is 17.4. The van der Waals surface area contributed by atoms with Crippen molar-refractivity contribution in [2.75, 3.05) is 30.1 Å². The molecule has 0 spiro atoms. The highest BCUT2D eigenvalue weighted by molar-refractivity contribution is 7.99. The first-order valence-corrected chi connectivity index (χ1v) is 9.06. The minimum atomic E-state index is -0.159. The molecule has 2 heterocycles. The van der Waals surface area contributed by atoms with Crippen LogP contribution in [0.4, 0.5) is 5.69 Å². The van der Waals surface area contributed by atoms with Gasteiger partial charge in [-0.2, -0.15) is 0 Å². The summed E-state index contributed by atoms with van der Waals surface area (Å²) in [6, 6.07) is 5.36. The Kier molecular flexibility index (Phi) is 5.32. The molecule has 0 unspecified atom stereocenters. The predicted octanol–water partition coefficient (Wildman–Crippen LogP) is 2.01. The van der Waals surface area contributed by atoms with E-state index in [1.54, 1.807) is 18.2 Å². The predicted molar refractivity (Wildman–Crippen MR) is 95.7 cm³/mol. The van der Waals surface area contributed by atoms with Gasteiger partial charge in [-0.25, -0.2) is 4.68 Å². The molecule has 1 aliphatic heterocycles. The first-order valence-electron chi connectivity index (χ1n) is 8.07. The van der Waals surface area contributed by atoms with E-state index in [4.69, 9.17) is 15.3 Å². The number of anilines is 1. The summed E-state index contributed by atoms with van der Waals surface area (Å²) < 4.78 is 12.6. The van der Waals surface area contributed by atoms with Crippen LogP contribution in [0.2, 0.25) is 0 Å². The maximum Gasteiger partial charge on any atom is 0.234 e. The smallest absolute Gasteiger partial charge is 0.234 e. The normalized spacial score (nSPS) is 13.6. The van der Waals surface area contributed by atoms with E-state index in [0.717, 1.165) is 6.42 Å². The molecule has 0 bridgehead atoms. The van der Waals surface area contributed by atoms with Crippen LogP contribution in [-0.2, 0) is 4.79 Å². The molecule has 0 saturated heterocycles. The van der Waals surface area contributed by atoms with Crippen molar-refractivity contribution in [2.24, 2.45) is 0 Å². The Balaban J connectivity index is 1.59. The molecular formula is C16H21N5O3S. The number of ether oxygens (including phenoxy) is 2. The maximum absolute atomic E-state index is 12.2. The fourth-order valence-electron chi connectivity index (χ4n) is 2.35. The van der Waals surface area contributed by atoms with Gasteiger partial charge in [-0.15, -0.1) is 10.2 Å². The van der Waals surface area contributed by atoms with Crippen molar-refractivity contribution in [3.63, 3.8) is 0 Å². The number of benzene rings is 1. The van der Waals surface area contributed by atoms with Gasteiger partial charge in [-0.1, -0.05) is 25.6 Å². The van der Waals surface area contributed by atoms with Crippen molar-refractivity contribution in [3.8, 4) is 11.5 Å². The van der Waals surface area contributed by atoms with E-state index < -0.39 is 0 Å². The molecule has 3 N–H and O–H groups in total. The molecule has 1 aromatic carbocycles. The van der Waals surface area contributed by atoms with Crippen LogP contribution in [0.15, 0.2) is 23.4 Å². The number of fused-ring (bicyclic) bond motifs is 1. The van der Waals surface area contributed by atoms with Gasteiger partial charge in [0.05, 0.1) is 19.0 Å². The number of amides is 1. The van der Waals surface area contributed by atoms with E-state index in [9.17, 15) is 4.79 Å². The Bertz CT molecular complexity index is 762. The molecule has 0 radical (unpaired) electrons. The summed E-state index contributed by atoms with van der Waals surface area (Å²) in [5, 5.41) is 11.4. The van der Waals surface area contributed by atoms with Gasteiger partial charge in [0, 0.05) is 24.1 Å². The minimum absolute atomic E-state index is 0.159. The standard InChI is InChI=1S/C16H21N5O3S/c1-10(2)15-19-20-16(21(15)17)25-9-14(22)18-11-4-5-12-13(8-11)24-7-3-6-23-12/h4-5,8,10H,3,6-7,9,17H2,1-2H3,(H,18,22). The van der Waals surface area contributed by atoms with Gasteiger partial charge in [0.15, 0.2) is 17.3 Å². The number of nitrogens with two attached hydrogens (primary N) is 1. The number of nitrogens with one attached hydrogen (secondary N) is 1. The molecule has 0 atom stereocenters. The summed E-state index contributed by atoms with van der Waals surface area (Å²) in [5.41, 5.74) is 0.659. The van der Waals surface area contributed by atoms with Crippen LogP contribution >= 0.6 is 11.8 Å². The molecule has 9 heteroatoms. The lowest BCUT2D eigenvalue weighted by atomic mass is 10.2. The lowest BCUT2D eigenvalue weighted by Gasteiger charge is -2.10. The van der Waals surface area contributed by atoms with Crippen LogP contribution in [-0.4, -0.2) is 39.7 Å². The monoisotopic (exact) mass is 363 g/mol. The average Bonchev–Trinajstić information content (AvgIpc) is 2.79. The van der Waals surface area contributed by atoms with E-state index in [-0.39, 0.29) is 17.6 Å². The largest absolute Gasteiger partial charge is 0.490 e. The van der Waals surface area contributed by atoms with E-state index >= 15 is 0 Å². The maximum atomic E-state index is 12.2. The lowest BCUT2D eigenvalue weighted by Crippen LogP contribution is -2.17. The zero-order chi connectivity index (χ0) is 17.8. The second kappa shape index (κ2) is 7.64. The third-order valence-electron chi connectivity index (χ3n) is 3.57. The van der Waals surface area contributed by atoms with Crippen LogP contribution in [0.3, 0.4) is 0 Å². The minimum Gasteiger partial charge on any atom is -0.490 e. The molecule has 25 heavy (non-hydrogen) atoms. The van der Waals surface area contributed by atoms with Gasteiger partial charge < -0.3 is 20.6 Å². The third kappa shape index (κ3) is 4.16. The fourth-order valence-corrected chi connectivity index (χ4v) is 3.01.